The zero-order valence-corrected chi connectivity index (χ0v) is 22.1. The van der Waals surface area contributed by atoms with Crippen LogP contribution >= 0.6 is 11.3 Å². The van der Waals surface area contributed by atoms with E-state index in [4.69, 9.17) is 9.72 Å². The number of hydrogen-bond acceptors (Lipinski definition) is 10. The van der Waals surface area contributed by atoms with E-state index in [1.165, 1.54) is 23.6 Å². The summed E-state index contributed by atoms with van der Waals surface area (Å²) in [6.07, 6.45) is 9.47. The fraction of sp³-hybridized carbons (Fsp3) is 0.400. The molecular weight excluding hydrogens is 496 g/mol. The molecule has 0 radical (unpaired) electrons. The number of pyridine rings is 2. The summed E-state index contributed by atoms with van der Waals surface area (Å²) in [6, 6.07) is 6.97. The van der Waals surface area contributed by atoms with E-state index in [2.05, 4.69) is 38.7 Å². The average Bonchev–Trinajstić information content (AvgIpc) is 3.30. The number of aryl methyl sites for hydroxylation is 1. The van der Waals surface area contributed by atoms with Crippen LogP contribution < -0.4 is 9.64 Å². The number of fused-ring (bicyclic) bond motifs is 1. The summed E-state index contributed by atoms with van der Waals surface area (Å²) in [5, 5.41) is 0.649. The molecule has 5 heterocycles. The van der Waals surface area contributed by atoms with Crippen molar-refractivity contribution in [2.45, 2.75) is 44.2 Å². The molecule has 1 fully saturated rings. The molecule has 11 heteroatoms. The van der Waals surface area contributed by atoms with Crippen LogP contribution in [0.4, 0.5) is 5.95 Å². The van der Waals surface area contributed by atoms with Crippen LogP contribution in [0.1, 0.15) is 32.3 Å². The first kappa shape index (κ1) is 24.5. The third-order valence-electron chi connectivity index (χ3n) is 6.52. The van der Waals surface area contributed by atoms with Gasteiger partial charge in [0.05, 0.1) is 5.69 Å². The number of aromatic nitrogens is 5. The summed E-state index contributed by atoms with van der Waals surface area (Å²) in [6.45, 7) is 6.01. The Labute approximate surface area is 214 Å². The van der Waals surface area contributed by atoms with Gasteiger partial charge in [0.15, 0.2) is 14.9 Å². The van der Waals surface area contributed by atoms with Crippen molar-refractivity contribution in [3.63, 3.8) is 0 Å². The number of rotatable bonds is 7. The predicted molar refractivity (Wildman–Crippen MR) is 140 cm³/mol. The molecule has 4 aromatic rings. The van der Waals surface area contributed by atoms with E-state index in [0.717, 1.165) is 66.0 Å². The molecule has 0 bridgehead atoms. The van der Waals surface area contributed by atoms with Crippen LogP contribution in [0.25, 0.3) is 21.6 Å². The van der Waals surface area contributed by atoms with Gasteiger partial charge in [-0.05, 0) is 61.9 Å². The molecule has 188 valence electrons. The zero-order chi connectivity index (χ0) is 25.3. The molecule has 1 saturated heterocycles. The van der Waals surface area contributed by atoms with E-state index in [-0.39, 0.29) is 11.1 Å². The van der Waals surface area contributed by atoms with E-state index in [0.29, 0.717) is 16.8 Å². The largest absolute Gasteiger partial charge is 0.467 e. The molecule has 0 amide bonds. The highest BCUT2D eigenvalue weighted by atomic mass is 32.2. The van der Waals surface area contributed by atoms with Crippen molar-refractivity contribution in [1.82, 2.24) is 24.9 Å². The molecular formula is C25H28N6O3S2. The molecule has 0 aromatic carbocycles. The second kappa shape index (κ2) is 10.1. The number of anilines is 1. The molecule has 0 saturated carbocycles. The van der Waals surface area contributed by atoms with Gasteiger partial charge in [0.25, 0.3) is 5.19 Å². The van der Waals surface area contributed by atoms with Crippen LogP contribution in [-0.4, -0.2) is 58.8 Å². The molecule has 36 heavy (non-hydrogen) atoms. The van der Waals surface area contributed by atoms with Crippen molar-refractivity contribution >= 4 is 37.5 Å². The van der Waals surface area contributed by atoms with Gasteiger partial charge in [-0.15, -0.1) is 0 Å². The van der Waals surface area contributed by atoms with Crippen molar-refractivity contribution < 1.29 is 13.2 Å². The van der Waals surface area contributed by atoms with Crippen LogP contribution in [0.3, 0.4) is 0 Å². The Morgan fingerprint density at radius 1 is 1.06 bits per heavy atom. The lowest BCUT2D eigenvalue weighted by atomic mass is 9.92. The molecule has 0 aliphatic carbocycles. The smallest absolute Gasteiger partial charge is 0.276 e. The van der Waals surface area contributed by atoms with E-state index < -0.39 is 9.84 Å². The first-order chi connectivity index (χ1) is 17.3. The van der Waals surface area contributed by atoms with E-state index in [1.807, 2.05) is 24.5 Å². The second-order valence-corrected chi connectivity index (χ2v) is 12.0. The maximum atomic E-state index is 11.7. The lowest BCUT2D eigenvalue weighted by Gasteiger charge is -2.34. The molecule has 0 N–H and O–H groups in total. The van der Waals surface area contributed by atoms with Gasteiger partial charge in [0.2, 0.25) is 5.95 Å². The van der Waals surface area contributed by atoms with Gasteiger partial charge >= 0.3 is 0 Å². The minimum Gasteiger partial charge on any atom is -0.467 e. The van der Waals surface area contributed by atoms with Crippen LogP contribution in [0.2, 0.25) is 0 Å². The van der Waals surface area contributed by atoms with Crippen molar-refractivity contribution in [1.29, 1.82) is 0 Å². The third kappa shape index (κ3) is 5.31. The fourth-order valence-electron chi connectivity index (χ4n) is 4.28. The average molecular weight is 525 g/mol. The molecule has 1 aliphatic rings. The van der Waals surface area contributed by atoms with Crippen LogP contribution in [0.5, 0.6) is 5.19 Å². The minimum absolute atomic E-state index is 0.0308. The predicted octanol–water partition coefficient (Wildman–Crippen LogP) is 4.19. The number of ether oxygens (including phenoxy) is 1. The topological polar surface area (TPSA) is 111 Å². The maximum Gasteiger partial charge on any atom is 0.276 e. The van der Waals surface area contributed by atoms with Crippen LogP contribution in [0.15, 0.2) is 47.9 Å². The number of nitrogens with zero attached hydrogens (tertiary/aromatic N) is 6. The maximum absolute atomic E-state index is 11.7. The lowest BCUT2D eigenvalue weighted by molar-refractivity contribution is 0.132. The first-order valence-corrected chi connectivity index (χ1v) is 14.7. The Bertz CT molecular complexity index is 1450. The number of piperidine rings is 1. The summed E-state index contributed by atoms with van der Waals surface area (Å²) in [5.74, 6) is 1.22. The van der Waals surface area contributed by atoms with E-state index >= 15 is 0 Å². The van der Waals surface area contributed by atoms with Gasteiger partial charge in [-0.3, -0.25) is 0 Å². The highest BCUT2D eigenvalue weighted by Crippen LogP contribution is 2.32. The summed E-state index contributed by atoms with van der Waals surface area (Å²) in [7, 11) is -3.34. The molecule has 1 aliphatic heterocycles. The Balaban J connectivity index is 1.22. The molecule has 0 spiro atoms. The molecule has 0 unspecified atom stereocenters. The highest BCUT2D eigenvalue weighted by Gasteiger charge is 2.27. The van der Waals surface area contributed by atoms with Gasteiger partial charge in [-0.2, -0.15) is 0 Å². The van der Waals surface area contributed by atoms with Gasteiger partial charge in [0.1, 0.15) is 16.5 Å². The Morgan fingerprint density at radius 2 is 1.81 bits per heavy atom. The molecule has 5 rings (SSSR count). The van der Waals surface area contributed by atoms with Crippen molar-refractivity contribution in [3.8, 4) is 16.5 Å². The summed E-state index contributed by atoms with van der Waals surface area (Å²) < 4.78 is 29.6. The highest BCUT2D eigenvalue weighted by molar-refractivity contribution is 7.90. The monoisotopic (exact) mass is 524 g/mol. The van der Waals surface area contributed by atoms with Gasteiger partial charge < -0.3 is 9.64 Å². The van der Waals surface area contributed by atoms with E-state index in [1.54, 1.807) is 6.07 Å². The Kier molecular flexibility index (Phi) is 6.85. The molecule has 4 aromatic heterocycles. The summed E-state index contributed by atoms with van der Waals surface area (Å²) >= 11 is 1.42. The molecule has 9 nitrogen and oxygen atoms in total. The van der Waals surface area contributed by atoms with Crippen LogP contribution in [-0.2, 0) is 16.3 Å². The first-order valence-electron chi connectivity index (χ1n) is 12.0. The van der Waals surface area contributed by atoms with Gasteiger partial charge in [0, 0.05) is 43.5 Å². The normalized spacial score (nSPS) is 15.8. The van der Waals surface area contributed by atoms with Crippen molar-refractivity contribution in [3.05, 3.63) is 48.4 Å². The van der Waals surface area contributed by atoms with Crippen molar-refractivity contribution in [2.24, 2.45) is 5.92 Å². The van der Waals surface area contributed by atoms with Gasteiger partial charge in [-0.1, -0.05) is 18.3 Å². The summed E-state index contributed by atoms with van der Waals surface area (Å²) in [4.78, 5) is 25.4. The molecule has 1 atom stereocenters. The Morgan fingerprint density at radius 3 is 2.44 bits per heavy atom. The minimum atomic E-state index is -3.34. The van der Waals surface area contributed by atoms with Gasteiger partial charge in [-0.25, -0.2) is 33.3 Å². The number of hydrogen-bond donors (Lipinski definition) is 0. The third-order valence-corrected chi connectivity index (χ3v) is 8.38. The number of thiazole rings is 1. The quantitative estimate of drug-likeness (QED) is 0.351. The SMILES string of the molecule is CCc1cnc(N2CCC([C@H](C)Oc3nc4ccc(-c5ccc(S(C)(=O)=O)nc5)nc4s3)CC2)nc1. The fourth-order valence-corrected chi connectivity index (χ4v) is 5.71. The Hall–Kier alpha value is -3.18. The van der Waals surface area contributed by atoms with Crippen molar-refractivity contribution in [2.75, 3.05) is 24.2 Å². The van der Waals surface area contributed by atoms with Crippen LogP contribution in [0, 0.1) is 5.92 Å². The van der Waals surface area contributed by atoms with E-state index in [9.17, 15) is 8.42 Å². The summed E-state index contributed by atoms with van der Waals surface area (Å²) in [5.41, 5.74) is 3.37. The second-order valence-electron chi connectivity index (χ2n) is 9.05. The number of sulfone groups is 1. The zero-order valence-electron chi connectivity index (χ0n) is 20.5. The standard InChI is InChI=1S/C25H28N6O3S2/c1-4-17-13-27-24(28-14-17)31-11-9-18(10-12-31)16(2)34-25-30-21-7-6-20(29-23(21)35-25)19-5-8-22(26-15-19)36(3,32)33/h5-8,13-16,18H,4,9-12H2,1-3H3/t16-/m0/s1. The lowest BCUT2D eigenvalue weighted by Crippen LogP contribution is -2.39.